The lowest BCUT2D eigenvalue weighted by Gasteiger charge is -2.12. The van der Waals surface area contributed by atoms with Gasteiger partial charge in [-0.2, -0.15) is 0 Å². The molecule has 1 aromatic carbocycles. The van der Waals surface area contributed by atoms with Gasteiger partial charge in [-0.1, -0.05) is 0 Å². The van der Waals surface area contributed by atoms with Gasteiger partial charge in [0.1, 0.15) is 16.9 Å². The van der Waals surface area contributed by atoms with Crippen LogP contribution in [0.15, 0.2) is 29.6 Å². The highest BCUT2D eigenvalue weighted by molar-refractivity contribution is 7.13. The van der Waals surface area contributed by atoms with Gasteiger partial charge in [0.2, 0.25) is 0 Å². The molecule has 2 rings (SSSR count). The second kappa shape index (κ2) is 5.84. The molecule has 0 aliphatic carbocycles. The van der Waals surface area contributed by atoms with Gasteiger partial charge in [0.05, 0.1) is 6.42 Å². The molecule has 4 nitrogen and oxygen atoms in total. The number of carbonyl (C=O) groups is 1. The third kappa shape index (κ3) is 3.79. The Hall–Kier alpha value is -1.88. The number of benzene rings is 1. The summed E-state index contributed by atoms with van der Waals surface area (Å²) in [6.45, 7) is 3.71. The van der Waals surface area contributed by atoms with Crippen LogP contribution in [0.3, 0.4) is 0 Å². The molecule has 0 saturated heterocycles. The maximum absolute atomic E-state index is 10.6. The second-order valence-electron chi connectivity index (χ2n) is 4.34. The lowest BCUT2D eigenvalue weighted by atomic mass is 10.2. The lowest BCUT2D eigenvalue weighted by molar-refractivity contribution is -0.138. The summed E-state index contributed by atoms with van der Waals surface area (Å²) in [6, 6.07) is 7.54. The van der Waals surface area contributed by atoms with Crippen molar-refractivity contribution in [1.29, 1.82) is 0 Å². The average Bonchev–Trinajstić information content (AvgIpc) is 2.75. The Morgan fingerprint density at radius 3 is 2.63 bits per heavy atom. The molecule has 1 aromatic heterocycles. The lowest BCUT2D eigenvalue weighted by Crippen LogP contribution is -2.16. The van der Waals surface area contributed by atoms with Crippen LogP contribution in [0.2, 0.25) is 0 Å². The molecule has 0 spiro atoms. The van der Waals surface area contributed by atoms with Crippen LogP contribution in [0, 0.1) is 6.92 Å². The third-order valence-electron chi connectivity index (χ3n) is 2.52. The molecule has 0 aliphatic heterocycles. The number of thiazole rings is 1. The predicted molar refractivity (Wildman–Crippen MR) is 74.6 cm³/mol. The van der Waals surface area contributed by atoms with Crippen molar-refractivity contribution in [3.05, 3.63) is 35.3 Å². The van der Waals surface area contributed by atoms with Gasteiger partial charge < -0.3 is 9.84 Å². The first-order chi connectivity index (χ1) is 9.04. The van der Waals surface area contributed by atoms with Crippen molar-refractivity contribution < 1.29 is 14.6 Å². The van der Waals surface area contributed by atoms with E-state index in [4.69, 9.17) is 9.84 Å². The quantitative estimate of drug-likeness (QED) is 0.910. The van der Waals surface area contributed by atoms with E-state index >= 15 is 0 Å². The monoisotopic (exact) mass is 277 g/mol. The first-order valence-electron chi connectivity index (χ1n) is 5.95. The Morgan fingerprint density at radius 1 is 1.42 bits per heavy atom. The van der Waals surface area contributed by atoms with Crippen LogP contribution in [-0.2, 0) is 4.79 Å². The molecule has 1 atom stereocenters. The van der Waals surface area contributed by atoms with Gasteiger partial charge in [-0.25, -0.2) is 4.98 Å². The Bertz CT molecular complexity index is 562. The van der Waals surface area contributed by atoms with Gasteiger partial charge in [-0.3, -0.25) is 4.79 Å². The van der Waals surface area contributed by atoms with Crippen LogP contribution in [0.4, 0.5) is 0 Å². The molecule has 19 heavy (non-hydrogen) atoms. The predicted octanol–water partition coefficient (Wildman–Crippen LogP) is 3.36. The van der Waals surface area contributed by atoms with Crippen LogP contribution in [0.25, 0.3) is 10.6 Å². The van der Waals surface area contributed by atoms with Crippen molar-refractivity contribution in [2.75, 3.05) is 0 Å². The summed E-state index contributed by atoms with van der Waals surface area (Å²) in [7, 11) is 0. The minimum Gasteiger partial charge on any atom is -0.490 e. The van der Waals surface area contributed by atoms with Crippen LogP contribution >= 0.6 is 11.3 Å². The smallest absolute Gasteiger partial charge is 0.307 e. The number of aliphatic carboxylic acids is 1. The van der Waals surface area contributed by atoms with E-state index in [9.17, 15) is 4.79 Å². The molecule has 1 unspecified atom stereocenters. The van der Waals surface area contributed by atoms with Crippen molar-refractivity contribution in [1.82, 2.24) is 4.98 Å². The summed E-state index contributed by atoms with van der Waals surface area (Å²) in [6.07, 6.45) is -0.349. The first kappa shape index (κ1) is 13.5. The van der Waals surface area contributed by atoms with Crippen molar-refractivity contribution in [3.8, 4) is 16.3 Å². The molecule has 0 amide bonds. The summed E-state index contributed by atoms with van der Waals surface area (Å²) in [5, 5.41) is 11.7. The van der Waals surface area contributed by atoms with Crippen molar-refractivity contribution in [2.45, 2.75) is 26.4 Å². The molecular formula is C14H15NO3S. The zero-order valence-corrected chi connectivity index (χ0v) is 11.6. The number of hydrogen-bond acceptors (Lipinski definition) is 4. The second-order valence-corrected chi connectivity index (χ2v) is 5.20. The zero-order chi connectivity index (χ0) is 13.8. The number of hydrogen-bond donors (Lipinski definition) is 1. The fraction of sp³-hybridized carbons (Fsp3) is 0.286. The Morgan fingerprint density at radius 2 is 2.11 bits per heavy atom. The Labute approximate surface area is 115 Å². The van der Waals surface area contributed by atoms with E-state index in [1.807, 2.05) is 36.6 Å². The normalized spacial score (nSPS) is 12.1. The van der Waals surface area contributed by atoms with Crippen molar-refractivity contribution >= 4 is 17.3 Å². The van der Waals surface area contributed by atoms with E-state index < -0.39 is 5.97 Å². The fourth-order valence-corrected chi connectivity index (χ4v) is 2.49. The molecule has 0 bridgehead atoms. The van der Waals surface area contributed by atoms with Crippen LogP contribution in [-0.4, -0.2) is 22.2 Å². The van der Waals surface area contributed by atoms with E-state index in [-0.39, 0.29) is 12.5 Å². The molecule has 0 saturated carbocycles. The van der Waals surface area contributed by atoms with E-state index in [1.54, 1.807) is 18.3 Å². The number of aromatic nitrogens is 1. The Kier molecular flexibility index (Phi) is 4.16. The van der Waals surface area contributed by atoms with Crippen LogP contribution in [0.5, 0.6) is 5.75 Å². The number of rotatable bonds is 5. The van der Waals surface area contributed by atoms with Gasteiger partial charge in [-0.15, -0.1) is 11.3 Å². The summed E-state index contributed by atoms with van der Waals surface area (Å²) in [4.78, 5) is 15.0. The maximum Gasteiger partial charge on any atom is 0.307 e. The molecule has 2 aromatic rings. The van der Waals surface area contributed by atoms with Crippen LogP contribution < -0.4 is 4.74 Å². The van der Waals surface area contributed by atoms with Crippen molar-refractivity contribution in [3.63, 3.8) is 0 Å². The summed E-state index contributed by atoms with van der Waals surface area (Å²) < 4.78 is 5.52. The number of nitrogens with zero attached hydrogens (tertiary/aromatic N) is 1. The fourth-order valence-electron chi connectivity index (χ4n) is 1.68. The average molecular weight is 277 g/mol. The van der Waals surface area contributed by atoms with Gasteiger partial charge in [0.25, 0.3) is 0 Å². The molecule has 0 radical (unpaired) electrons. The van der Waals surface area contributed by atoms with E-state index in [1.165, 1.54) is 0 Å². The number of aryl methyl sites for hydroxylation is 1. The highest BCUT2D eigenvalue weighted by Crippen LogP contribution is 2.25. The molecule has 0 aliphatic rings. The minimum absolute atomic E-state index is 0.00652. The standard InChI is InChI=1S/C14H15NO3S/c1-9-8-19-14(15-9)11-3-5-12(6-4-11)18-10(2)7-13(16)17/h3-6,8,10H,7H2,1-2H3,(H,16,17). The summed E-state index contributed by atoms with van der Waals surface area (Å²) in [5.74, 6) is -0.187. The van der Waals surface area contributed by atoms with E-state index in [0.29, 0.717) is 5.75 Å². The number of ether oxygens (including phenoxy) is 1. The molecule has 0 fully saturated rings. The van der Waals surface area contributed by atoms with Gasteiger partial charge >= 0.3 is 5.97 Å². The summed E-state index contributed by atoms with van der Waals surface area (Å²) >= 11 is 1.60. The first-order valence-corrected chi connectivity index (χ1v) is 6.83. The Balaban J connectivity index is 2.04. The number of carboxylic acid groups (broad SMARTS) is 1. The van der Waals surface area contributed by atoms with E-state index in [0.717, 1.165) is 16.3 Å². The molecule has 100 valence electrons. The number of carboxylic acids is 1. The topological polar surface area (TPSA) is 59.4 Å². The highest BCUT2D eigenvalue weighted by atomic mass is 32.1. The third-order valence-corrected chi connectivity index (χ3v) is 3.53. The van der Waals surface area contributed by atoms with Crippen molar-refractivity contribution in [2.24, 2.45) is 0 Å². The molecule has 5 heteroatoms. The van der Waals surface area contributed by atoms with Gasteiger partial charge in [0, 0.05) is 16.6 Å². The largest absolute Gasteiger partial charge is 0.490 e. The minimum atomic E-state index is -0.859. The SMILES string of the molecule is Cc1csc(-c2ccc(OC(C)CC(=O)O)cc2)n1. The highest BCUT2D eigenvalue weighted by Gasteiger charge is 2.09. The van der Waals surface area contributed by atoms with Crippen LogP contribution in [0.1, 0.15) is 19.0 Å². The summed E-state index contributed by atoms with van der Waals surface area (Å²) in [5.41, 5.74) is 2.05. The zero-order valence-electron chi connectivity index (χ0n) is 10.8. The molecule has 1 heterocycles. The van der Waals surface area contributed by atoms with Gasteiger partial charge in [0.15, 0.2) is 0 Å². The molecule has 1 N–H and O–H groups in total. The van der Waals surface area contributed by atoms with Gasteiger partial charge in [-0.05, 0) is 38.1 Å². The maximum atomic E-state index is 10.6. The molecular weight excluding hydrogens is 262 g/mol. The van der Waals surface area contributed by atoms with E-state index in [2.05, 4.69) is 4.98 Å².